The molecule has 0 bridgehead atoms. The smallest absolute Gasteiger partial charge is 0.223 e. The van der Waals surface area contributed by atoms with Crippen LogP contribution in [0, 0.1) is 6.92 Å². The third-order valence-corrected chi connectivity index (χ3v) is 5.64. The maximum absolute atomic E-state index is 12.6. The third kappa shape index (κ3) is 3.21. The summed E-state index contributed by atoms with van der Waals surface area (Å²) in [7, 11) is 0. The number of aliphatic hydroxyl groups excluding tert-OH is 1. The molecule has 2 aliphatic heterocycles. The van der Waals surface area contributed by atoms with Crippen LogP contribution in [0.5, 0.6) is 5.75 Å². The van der Waals surface area contributed by atoms with Crippen LogP contribution in [0.15, 0.2) is 36.5 Å². The van der Waals surface area contributed by atoms with Crippen molar-refractivity contribution < 1.29 is 14.6 Å². The predicted octanol–water partition coefficient (Wildman–Crippen LogP) is 3.64. The van der Waals surface area contributed by atoms with Crippen molar-refractivity contribution in [2.24, 2.45) is 0 Å². The molecule has 142 valence electrons. The Morgan fingerprint density at radius 2 is 1.96 bits per heavy atom. The van der Waals surface area contributed by atoms with Crippen LogP contribution in [-0.4, -0.2) is 39.1 Å². The van der Waals surface area contributed by atoms with Gasteiger partial charge in [-0.05, 0) is 69.0 Å². The van der Waals surface area contributed by atoms with Gasteiger partial charge in [-0.25, -0.2) is 0 Å². The molecule has 1 N–H and O–H groups in total. The molecule has 0 aliphatic carbocycles. The first-order valence-corrected chi connectivity index (χ1v) is 9.60. The lowest BCUT2D eigenvalue weighted by molar-refractivity contribution is -0.147. The normalized spacial score (nSPS) is 24.3. The van der Waals surface area contributed by atoms with Gasteiger partial charge in [-0.3, -0.25) is 9.78 Å². The number of rotatable bonds is 2. The van der Waals surface area contributed by atoms with E-state index in [0.29, 0.717) is 13.0 Å². The number of carbonyl (C=O) groups excluding carboxylic acids is 1. The van der Waals surface area contributed by atoms with Gasteiger partial charge in [0.2, 0.25) is 5.91 Å². The number of pyridine rings is 1. The van der Waals surface area contributed by atoms with Gasteiger partial charge in [0.25, 0.3) is 0 Å². The Kier molecular flexibility index (Phi) is 4.42. The maximum atomic E-state index is 12.6. The number of hydrogen-bond acceptors (Lipinski definition) is 4. The molecule has 3 heterocycles. The van der Waals surface area contributed by atoms with Crippen molar-refractivity contribution in [3.8, 4) is 16.9 Å². The first-order valence-electron chi connectivity index (χ1n) is 9.60. The van der Waals surface area contributed by atoms with Crippen LogP contribution in [-0.2, 0) is 4.79 Å². The first kappa shape index (κ1) is 18.0. The molecule has 2 atom stereocenters. The Morgan fingerprint density at radius 3 is 2.70 bits per heavy atom. The molecule has 5 heteroatoms. The van der Waals surface area contributed by atoms with Crippen LogP contribution in [0.2, 0.25) is 0 Å². The highest BCUT2D eigenvalue weighted by Crippen LogP contribution is 2.45. The summed E-state index contributed by atoms with van der Waals surface area (Å²) < 4.78 is 6.10. The highest BCUT2D eigenvalue weighted by atomic mass is 16.5. The Morgan fingerprint density at radius 1 is 1.19 bits per heavy atom. The fourth-order valence-electron chi connectivity index (χ4n) is 4.13. The summed E-state index contributed by atoms with van der Waals surface area (Å²) in [5.74, 6) is 0.849. The Bertz CT molecular complexity index is 878. The second-order valence-electron chi connectivity index (χ2n) is 8.08. The van der Waals surface area contributed by atoms with Gasteiger partial charge >= 0.3 is 0 Å². The Labute approximate surface area is 160 Å². The van der Waals surface area contributed by atoms with Crippen molar-refractivity contribution in [2.75, 3.05) is 6.54 Å². The molecule has 0 unspecified atom stereocenters. The molecular formula is C22H26N2O3. The van der Waals surface area contributed by atoms with Gasteiger partial charge in [0, 0.05) is 30.4 Å². The topological polar surface area (TPSA) is 62.7 Å². The average Bonchev–Trinajstić information content (AvgIpc) is 2.63. The van der Waals surface area contributed by atoms with Gasteiger partial charge in [-0.1, -0.05) is 6.07 Å². The van der Waals surface area contributed by atoms with E-state index in [1.165, 1.54) is 0 Å². The molecule has 1 amide bonds. The minimum atomic E-state index is -0.790. The molecule has 2 aromatic rings. The van der Waals surface area contributed by atoms with Gasteiger partial charge < -0.3 is 14.7 Å². The summed E-state index contributed by atoms with van der Waals surface area (Å²) in [6, 6.07) is 9.65. The zero-order valence-corrected chi connectivity index (χ0v) is 16.1. The third-order valence-electron chi connectivity index (χ3n) is 5.64. The van der Waals surface area contributed by atoms with Crippen molar-refractivity contribution >= 4 is 5.91 Å². The quantitative estimate of drug-likeness (QED) is 0.881. The number of fused-ring (bicyclic) bond motifs is 1. The molecule has 0 saturated carbocycles. The summed E-state index contributed by atoms with van der Waals surface area (Å²) >= 11 is 0. The zero-order chi connectivity index (χ0) is 19.2. The van der Waals surface area contributed by atoms with E-state index < -0.39 is 11.7 Å². The minimum absolute atomic E-state index is 0.110. The van der Waals surface area contributed by atoms with Crippen molar-refractivity contribution in [3.63, 3.8) is 0 Å². The van der Waals surface area contributed by atoms with Crippen molar-refractivity contribution in [3.05, 3.63) is 47.8 Å². The maximum Gasteiger partial charge on any atom is 0.223 e. The number of carbonyl (C=O) groups is 1. The largest absolute Gasteiger partial charge is 0.485 e. The molecule has 1 fully saturated rings. The van der Waals surface area contributed by atoms with Crippen LogP contribution in [0.3, 0.4) is 0 Å². The van der Waals surface area contributed by atoms with E-state index >= 15 is 0 Å². The van der Waals surface area contributed by atoms with E-state index in [2.05, 4.69) is 11.1 Å². The van der Waals surface area contributed by atoms with Gasteiger partial charge in [-0.15, -0.1) is 0 Å². The molecule has 5 nitrogen and oxygen atoms in total. The standard InChI is InChI=1S/C22H26N2O3/c1-14-12-16(9-10-23-14)15-7-8-18-17(13-15)20(21(26)22(2,3)27-18)24-11-5-4-6-19(24)25/h7-10,12-13,20-21,26H,4-6,11H2,1-3H3/t20-,21+/m1/s1. The monoisotopic (exact) mass is 366 g/mol. The second-order valence-corrected chi connectivity index (χ2v) is 8.08. The van der Waals surface area contributed by atoms with Crippen molar-refractivity contribution in [1.82, 2.24) is 9.88 Å². The Hall–Kier alpha value is -2.40. The van der Waals surface area contributed by atoms with Crippen molar-refractivity contribution in [2.45, 2.75) is 57.8 Å². The van der Waals surface area contributed by atoms with E-state index in [4.69, 9.17) is 4.74 Å². The molecule has 0 spiro atoms. The number of benzene rings is 1. The second kappa shape index (κ2) is 6.64. The number of ether oxygens (including phenoxy) is 1. The minimum Gasteiger partial charge on any atom is -0.485 e. The highest BCUT2D eigenvalue weighted by molar-refractivity contribution is 5.78. The average molecular weight is 366 g/mol. The predicted molar refractivity (Wildman–Crippen MR) is 103 cm³/mol. The molecular weight excluding hydrogens is 340 g/mol. The van der Waals surface area contributed by atoms with Crippen LogP contribution in [0.1, 0.15) is 50.4 Å². The van der Waals surface area contributed by atoms with Crippen LogP contribution >= 0.6 is 0 Å². The fourth-order valence-corrected chi connectivity index (χ4v) is 4.13. The van der Waals surface area contributed by atoms with E-state index in [-0.39, 0.29) is 11.9 Å². The summed E-state index contributed by atoms with van der Waals surface area (Å²) in [4.78, 5) is 18.7. The molecule has 0 radical (unpaired) electrons. The van der Waals surface area contributed by atoms with Crippen LogP contribution in [0.25, 0.3) is 11.1 Å². The van der Waals surface area contributed by atoms with Crippen molar-refractivity contribution in [1.29, 1.82) is 0 Å². The molecule has 2 aliphatic rings. The Balaban J connectivity index is 1.82. The molecule has 1 saturated heterocycles. The number of piperidine rings is 1. The summed E-state index contributed by atoms with van der Waals surface area (Å²) in [6.45, 7) is 6.39. The highest BCUT2D eigenvalue weighted by Gasteiger charge is 2.47. The SMILES string of the molecule is Cc1cc(-c2ccc3c(c2)[C@@H](N2CCCCC2=O)[C@H](O)C(C)(C)O3)ccn1. The van der Waals surface area contributed by atoms with Gasteiger partial charge in [0.05, 0.1) is 6.04 Å². The van der Waals surface area contributed by atoms with E-state index in [9.17, 15) is 9.90 Å². The van der Waals surface area contributed by atoms with E-state index in [0.717, 1.165) is 41.0 Å². The van der Waals surface area contributed by atoms with Gasteiger partial charge in [0.15, 0.2) is 0 Å². The summed E-state index contributed by atoms with van der Waals surface area (Å²) in [5, 5.41) is 11.1. The van der Waals surface area contributed by atoms with Crippen LogP contribution < -0.4 is 4.74 Å². The molecule has 1 aromatic carbocycles. The molecule has 1 aromatic heterocycles. The number of hydrogen-bond donors (Lipinski definition) is 1. The molecule has 4 rings (SSSR count). The zero-order valence-electron chi connectivity index (χ0n) is 16.1. The number of aromatic nitrogens is 1. The summed E-state index contributed by atoms with van der Waals surface area (Å²) in [6.07, 6.45) is 3.44. The van der Waals surface area contributed by atoms with Crippen LogP contribution in [0.4, 0.5) is 0 Å². The van der Waals surface area contributed by atoms with E-state index in [1.807, 2.05) is 49.9 Å². The summed E-state index contributed by atoms with van der Waals surface area (Å²) in [5.41, 5.74) is 3.16. The number of amides is 1. The molecule has 27 heavy (non-hydrogen) atoms. The lowest BCUT2D eigenvalue weighted by atomic mass is 9.83. The lowest BCUT2D eigenvalue weighted by Gasteiger charge is -2.47. The number of aryl methyl sites for hydroxylation is 1. The first-order chi connectivity index (χ1) is 12.9. The van der Waals surface area contributed by atoms with Gasteiger partial charge in [-0.2, -0.15) is 0 Å². The number of nitrogens with zero attached hydrogens (tertiary/aromatic N) is 2. The number of likely N-dealkylation sites (tertiary alicyclic amines) is 1. The lowest BCUT2D eigenvalue weighted by Crippen LogP contribution is -2.55. The number of aliphatic hydroxyl groups is 1. The van der Waals surface area contributed by atoms with E-state index in [1.54, 1.807) is 6.20 Å². The van der Waals surface area contributed by atoms with Gasteiger partial charge in [0.1, 0.15) is 17.5 Å². The fraction of sp³-hybridized carbons (Fsp3) is 0.455.